The van der Waals surface area contributed by atoms with E-state index in [1.165, 1.54) is 64.5 Å². The first-order valence-electron chi connectivity index (χ1n) is 8.45. The van der Waals surface area contributed by atoms with Crippen LogP contribution in [-0.4, -0.2) is 48.6 Å². The zero-order valence-corrected chi connectivity index (χ0v) is 14.0. The van der Waals surface area contributed by atoms with Crippen LogP contribution in [0.3, 0.4) is 0 Å². The number of nitrogens with zero attached hydrogens (tertiary/aromatic N) is 2. The van der Waals surface area contributed by atoms with E-state index in [4.69, 9.17) is 0 Å². The van der Waals surface area contributed by atoms with E-state index in [2.05, 4.69) is 44.7 Å². The standard InChI is InChI=1S/C17H36N2/c1-6-8-9-13-17(3,12-7-2)19-14-10-16(11-15-19)18(4)5/h16H,6-15H2,1-5H3. The molecule has 0 amide bonds. The van der Waals surface area contributed by atoms with Gasteiger partial charge in [0, 0.05) is 24.7 Å². The lowest BCUT2D eigenvalue weighted by Crippen LogP contribution is -2.52. The average molecular weight is 268 g/mol. The first kappa shape index (κ1) is 17.0. The quantitative estimate of drug-likeness (QED) is 0.610. The molecule has 1 fully saturated rings. The van der Waals surface area contributed by atoms with Crippen LogP contribution in [0.25, 0.3) is 0 Å². The summed E-state index contributed by atoms with van der Waals surface area (Å²) in [6.07, 6.45) is 10.9. The fraction of sp³-hybridized carbons (Fsp3) is 1.00. The van der Waals surface area contributed by atoms with Crippen LogP contribution in [-0.2, 0) is 0 Å². The van der Waals surface area contributed by atoms with Crippen molar-refractivity contribution < 1.29 is 0 Å². The van der Waals surface area contributed by atoms with Gasteiger partial charge in [0.15, 0.2) is 0 Å². The van der Waals surface area contributed by atoms with E-state index in [9.17, 15) is 0 Å². The molecule has 1 heterocycles. The van der Waals surface area contributed by atoms with E-state index in [-0.39, 0.29) is 0 Å². The van der Waals surface area contributed by atoms with Gasteiger partial charge in [0.2, 0.25) is 0 Å². The third kappa shape index (κ3) is 5.07. The van der Waals surface area contributed by atoms with Gasteiger partial charge >= 0.3 is 0 Å². The Kier molecular flexibility index (Phi) is 7.38. The van der Waals surface area contributed by atoms with Gasteiger partial charge in [-0.15, -0.1) is 0 Å². The zero-order chi connectivity index (χ0) is 14.3. The molecule has 1 unspecified atom stereocenters. The van der Waals surface area contributed by atoms with Gasteiger partial charge in [-0.3, -0.25) is 4.90 Å². The van der Waals surface area contributed by atoms with Crippen molar-refractivity contribution in [2.75, 3.05) is 27.2 Å². The third-order valence-corrected chi connectivity index (χ3v) is 5.07. The number of rotatable bonds is 8. The van der Waals surface area contributed by atoms with E-state index >= 15 is 0 Å². The Morgan fingerprint density at radius 1 is 1.00 bits per heavy atom. The number of hydrogen-bond acceptors (Lipinski definition) is 2. The Morgan fingerprint density at radius 3 is 2.11 bits per heavy atom. The van der Waals surface area contributed by atoms with E-state index in [1.54, 1.807) is 0 Å². The van der Waals surface area contributed by atoms with Crippen LogP contribution >= 0.6 is 0 Å². The van der Waals surface area contributed by atoms with Gasteiger partial charge in [-0.25, -0.2) is 0 Å². The smallest absolute Gasteiger partial charge is 0.0181 e. The van der Waals surface area contributed by atoms with Gasteiger partial charge in [0.1, 0.15) is 0 Å². The van der Waals surface area contributed by atoms with E-state index in [1.807, 2.05) is 0 Å². The molecule has 1 saturated heterocycles. The molecule has 0 aromatic heterocycles. The van der Waals surface area contributed by atoms with Crippen molar-refractivity contribution >= 4 is 0 Å². The number of hydrogen-bond donors (Lipinski definition) is 0. The molecule has 1 aliphatic rings. The molecular weight excluding hydrogens is 232 g/mol. The number of piperidine rings is 1. The highest BCUT2D eigenvalue weighted by Crippen LogP contribution is 2.31. The molecule has 0 aliphatic carbocycles. The minimum atomic E-state index is 0.460. The van der Waals surface area contributed by atoms with Gasteiger partial charge in [-0.05, 0) is 46.7 Å². The van der Waals surface area contributed by atoms with Crippen molar-refractivity contribution in [1.82, 2.24) is 9.80 Å². The monoisotopic (exact) mass is 268 g/mol. The molecule has 0 saturated carbocycles. The number of likely N-dealkylation sites (tertiary alicyclic amines) is 1. The SMILES string of the molecule is CCCCCC(C)(CCC)N1CCC(N(C)C)CC1. The van der Waals surface area contributed by atoms with Crippen molar-refractivity contribution in [2.24, 2.45) is 0 Å². The zero-order valence-electron chi connectivity index (χ0n) is 14.0. The van der Waals surface area contributed by atoms with Gasteiger partial charge < -0.3 is 4.90 Å². The first-order valence-corrected chi connectivity index (χ1v) is 8.45. The summed E-state index contributed by atoms with van der Waals surface area (Å²) in [6, 6.07) is 0.803. The molecular formula is C17H36N2. The Morgan fingerprint density at radius 2 is 1.63 bits per heavy atom. The average Bonchev–Trinajstić information content (AvgIpc) is 2.39. The summed E-state index contributed by atoms with van der Waals surface area (Å²) >= 11 is 0. The van der Waals surface area contributed by atoms with Crippen LogP contribution < -0.4 is 0 Å². The lowest BCUT2D eigenvalue weighted by Gasteiger charge is -2.46. The highest BCUT2D eigenvalue weighted by molar-refractivity contribution is 4.90. The molecule has 0 aromatic carbocycles. The molecule has 0 spiro atoms. The van der Waals surface area contributed by atoms with E-state index in [0.717, 1.165) is 6.04 Å². The molecule has 1 aliphatic heterocycles. The minimum absolute atomic E-state index is 0.460. The van der Waals surface area contributed by atoms with Gasteiger partial charge in [-0.2, -0.15) is 0 Å². The van der Waals surface area contributed by atoms with Crippen LogP contribution in [0.1, 0.15) is 72.1 Å². The van der Waals surface area contributed by atoms with Crippen LogP contribution in [0.2, 0.25) is 0 Å². The summed E-state index contributed by atoms with van der Waals surface area (Å²) in [4.78, 5) is 5.21. The van der Waals surface area contributed by atoms with Crippen molar-refractivity contribution in [3.05, 3.63) is 0 Å². The predicted molar refractivity (Wildman–Crippen MR) is 85.7 cm³/mol. The second-order valence-corrected chi connectivity index (χ2v) is 6.89. The molecule has 1 rings (SSSR count). The molecule has 2 heteroatoms. The second-order valence-electron chi connectivity index (χ2n) is 6.89. The van der Waals surface area contributed by atoms with Crippen molar-refractivity contribution in [2.45, 2.75) is 83.7 Å². The Balaban J connectivity index is 2.52. The van der Waals surface area contributed by atoms with E-state index < -0.39 is 0 Å². The third-order valence-electron chi connectivity index (χ3n) is 5.07. The maximum atomic E-state index is 2.80. The summed E-state index contributed by atoms with van der Waals surface area (Å²) < 4.78 is 0. The Bertz CT molecular complexity index is 231. The highest BCUT2D eigenvalue weighted by Gasteiger charge is 2.33. The highest BCUT2D eigenvalue weighted by atomic mass is 15.2. The normalized spacial score (nSPS) is 21.8. The summed E-state index contributed by atoms with van der Waals surface area (Å²) in [6.45, 7) is 9.75. The Hall–Kier alpha value is -0.0800. The van der Waals surface area contributed by atoms with Gasteiger partial charge in [-0.1, -0.05) is 39.5 Å². The largest absolute Gasteiger partial charge is 0.306 e. The van der Waals surface area contributed by atoms with Gasteiger partial charge in [0.25, 0.3) is 0 Å². The fourth-order valence-corrected chi connectivity index (χ4v) is 3.66. The molecule has 0 N–H and O–H groups in total. The minimum Gasteiger partial charge on any atom is -0.306 e. The molecule has 19 heavy (non-hydrogen) atoms. The van der Waals surface area contributed by atoms with Gasteiger partial charge in [0.05, 0.1) is 0 Å². The summed E-state index contributed by atoms with van der Waals surface area (Å²) in [5.41, 5.74) is 0.460. The van der Waals surface area contributed by atoms with Crippen LogP contribution in [0.4, 0.5) is 0 Å². The fourth-order valence-electron chi connectivity index (χ4n) is 3.66. The molecule has 114 valence electrons. The maximum absolute atomic E-state index is 2.80. The summed E-state index contributed by atoms with van der Waals surface area (Å²) in [5.74, 6) is 0. The first-order chi connectivity index (χ1) is 9.03. The van der Waals surface area contributed by atoms with Crippen LogP contribution in [0.15, 0.2) is 0 Å². The molecule has 1 atom stereocenters. The predicted octanol–water partition coefficient (Wildman–Crippen LogP) is 4.15. The molecule has 2 nitrogen and oxygen atoms in total. The second kappa shape index (κ2) is 8.26. The lowest BCUT2D eigenvalue weighted by atomic mass is 9.85. The van der Waals surface area contributed by atoms with Crippen LogP contribution in [0, 0.1) is 0 Å². The molecule has 0 aromatic rings. The Labute approximate surface area is 121 Å². The summed E-state index contributed by atoms with van der Waals surface area (Å²) in [7, 11) is 4.46. The number of unbranched alkanes of at least 4 members (excludes halogenated alkanes) is 2. The topological polar surface area (TPSA) is 6.48 Å². The van der Waals surface area contributed by atoms with Crippen LogP contribution in [0.5, 0.6) is 0 Å². The molecule has 0 bridgehead atoms. The van der Waals surface area contributed by atoms with Crippen molar-refractivity contribution in [3.8, 4) is 0 Å². The maximum Gasteiger partial charge on any atom is 0.0181 e. The van der Waals surface area contributed by atoms with E-state index in [0.29, 0.717) is 5.54 Å². The summed E-state index contributed by atoms with van der Waals surface area (Å²) in [5, 5.41) is 0. The lowest BCUT2D eigenvalue weighted by molar-refractivity contribution is 0.0375. The van der Waals surface area contributed by atoms with Crippen molar-refractivity contribution in [3.63, 3.8) is 0 Å². The van der Waals surface area contributed by atoms with Crippen molar-refractivity contribution in [1.29, 1.82) is 0 Å². The molecule has 0 radical (unpaired) electrons.